The van der Waals surface area contributed by atoms with Crippen molar-refractivity contribution in [2.75, 3.05) is 13.1 Å². The Bertz CT molecular complexity index is 542. The van der Waals surface area contributed by atoms with E-state index in [0.29, 0.717) is 13.1 Å². The number of likely N-dealkylation sites (tertiary alicyclic amines) is 1. The van der Waals surface area contributed by atoms with E-state index >= 15 is 0 Å². The van der Waals surface area contributed by atoms with Crippen LogP contribution in [0.4, 0.5) is 4.79 Å². The number of rotatable bonds is 2. The highest BCUT2D eigenvalue weighted by Crippen LogP contribution is 2.23. The average Bonchev–Trinajstić information content (AvgIpc) is 2.46. The fraction of sp³-hybridized carbons (Fsp3) is 0.556. The van der Waals surface area contributed by atoms with Crippen LogP contribution >= 0.6 is 0 Å². The van der Waals surface area contributed by atoms with E-state index in [0.717, 1.165) is 24.0 Å². The molecule has 1 aliphatic rings. The highest BCUT2D eigenvalue weighted by molar-refractivity contribution is 5.98. The molecule has 0 spiro atoms. The number of carbonyl (C=O) groups is 2. The van der Waals surface area contributed by atoms with Crippen LogP contribution in [0.3, 0.4) is 0 Å². The van der Waals surface area contributed by atoms with Crippen molar-refractivity contribution in [2.45, 2.75) is 46.1 Å². The van der Waals surface area contributed by atoms with Crippen molar-refractivity contribution >= 4 is 11.9 Å². The van der Waals surface area contributed by atoms with Crippen molar-refractivity contribution in [3.63, 3.8) is 0 Å². The van der Waals surface area contributed by atoms with Crippen LogP contribution in [0.1, 0.15) is 49.5 Å². The third-order valence-electron chi connectivity index (χ3n) is 3.78. The Labute approximate surface area is 132 Å². The SMILES string of the molecule is Cc1ccc(C(=O)C2CCCN(C(=O)OC(C)(C)C)C2)cc1. The maximum absolute atomic E-state index is 12.6. The summed E-state index contributed by atoms with van der Waals surface area (Å²) in [4.78, 5) is 26.4. The van der Waals surface area contributed by atoms with Crippen LogP contribution in [0.5, 0.6) is 0 Å². The van der Waals surface area contributed by atoms with E-state index in [1.807, 2.05) is 52.0 Å². The predicted molar refractivity (Wildman–Crippen MR) is 86.0 cm³/mol. The van der Waals surface area contributed by atoms with Crippen LogP contribution in [0.25, 0.3) is 0 Å². The maximum Gasteiger partial charge on any atom is 0.410 e. The molecule has 0 bridgehead atoms. The molecule has 1 atom stereocenters. The minimum Gasteiger partial charge on any atom is -0.444 e. The Balaban J connectivity index is 2.02. The van der Waals surface area contributed by atoms with E-state index in [1.54, 1.807) is 4.90 Å². The lowest BCUT2D eigenvalue weighted by molar-refractivity contribution is 0.0172. The van der Waals surface area contributed by atoms with Gasteiger partial charge in [-0.3, -0.25) is 4.79 Å². The van der Waals surface area contributed by atoms with Gasteiger partial charge in [0.1, 0.15) is 5.60 Å². The molecular formula is C18H25NO3. The molecule has 0 saturated carbocycles. The summed E-state index contributed by atoms with van der Waals surface area (Å²) in [5.74, 6) is -0.0165. The number of nitrogens with zero attached hydrogens (tertiary/aromatic N) is 1. The zero-order valence-corrected chi connectivity index (χ0v) is 13.9. The van der Waals surface area contributed by atoms with Crippen molar-refractivity contribution in [3.8, 4) is 0 Å². The van der Waals surface area contributed by atoms with Crippen LogP contribution in [0.15, 0.2) is 24.3 Å². The zero-order valence-electron chi connectivity index (χ0n) is 13.9. The molecule has 1 fully saturated rings. The van der Waals surface area contributed by atoms with Gasteiger partial charge in [-0.1, -0.05) is 29.8 Å². The van der Waals surface area contributed by atoms with Crippen LogP contribution in [0, 0.1) is 12.8 Å². The monoisotopic (exact) mass is 303 g/mol. The van der Waals surface area contributed by atoms with Gasteiger partial charge in [0.05, 0.1) is 0 Å². The van der Waals surface area contributed by atoms with Gasteiger partial charge in [0.2, 0.25) is 0 Å². The standard InChI is InChI=1S/C18H25NO3/c1-13-7-9-14(10-8-13)16(20)15-6-5-11-19(12-15)17(21)22-18(2,3)4/h7-10,15H,5-6,11-12H2,1-4H3. The lowest BCUT2D eigenvalue weighted by Crippen LogP contribution is -2.44. The summed E-state index contributed by atoms with van der Waals surface area (Å²) in [5.41, 5.74) is 1.35. The second kappa shape index (κ2) is 6.51. The molecule has 120 valence electrons. The Morgan fingerprint density at radius 3 is 2.41 bits per heavy atom. The quantitative estimate of drug-likeness (QED) is 0.780. The molecule has 1 amide bonds. The van der Waals surface area contributed by atoms with Crippen molar-refractivity contribution in [1.82, 2.24) is 4.90 Å². The Morgan fingerprint density at radius 1 is 1.18 bits per heavy atom. The minimum atomic E-state index is -0.509. The third-order valence-corrected chi connectivity index (χ3v) is 3.78. The van der Waals surface area contributed by atoms with Crippen molar-refractivity contribution in [1.29, 1.82) is 0 Å². The van der Waals surface area contributed by atoms with Gasteiger partial charge in [0.25, 0.3) is 0 Å². The largest absolute Gasteiger partial charge is 0.444 e. The Morgan fingerprint density at radius 2 is 1.82 bits per heavy atom. The Hall–Kier alpha value is -1.84. The van der Waals surface area contributed by atoms with Crippen LogP contribution in [-0.2, 0) is 4.74 Å². The fourth-order valence-electron chi connectivity index (χ4n) is 2.64. The number of Topliss-reactive ketones (excluding diaryl/α,β-unsaturated/α-hetero) is 1. The predicted octanol–water partition coefficient (Wildman–Crippen LogP) is 3.82. The normalized spacial score (nSPS) is 18.9. The number of piperidine rings is 1. The molecule has 4 nitrogen and oxygen atoms in total. The number of ether oxygens (including phenoxy) is 1. The third kappa shape index (κ3) is 4.33. The topological polar surface area (TPSA) is 46.6 Å². The van der Waals surface area contributed by atoms with E-state index in [-0.39, 0.29) is 17.8 Å². The number of hydrogen-bond acceptors (Lipinski definition) is 3. The Kier molecular flexibility index (Phi) is 4.89. The lowest BCUT2D eigenvalue weighted by atomic mass is 9.90. The molecule has 2 rings (SSSR count). The zero-order chi connectivity index (χ0) is 16.3. The van der Waals surface area contributed by atoms with E-state index < -0.39 is 5.60 Å². The van der Waals surface area contributed by atoms with E-state index in [9.17, 15) is 9.59 Å². The van der Waals surface area contributed by atoms with Crippen LogP contribution in [-0.4, -0.2) is 35.5 Å². The summed E-state index contributed by atoms with van der Waals surface area (Å²) < 4.78 is 5.40. The van der Waals surface area contributed by atoms with Crippen molar-refractivity contribution in [3.05, 3.63) is 35.4 Å². The molecule has 1 saturated heterocycles. The van der Waals surface area contributed by atoms with Gasteiger partial charge in [-0.2, -0.15) is 0 Å². The molecule has 4 heteroatoms. The molecule has 0 N–H and O–H groups in total. The highest BCUT2D eigenvalue weighted by atomic mass is 16.6. The summed E-state index contributed by atoms with van der Waals surface area (Å²) in [6.07, 6.45) is 1.34. The summed E-state index contributed by atoms with van der Waals surface area (Å²) >= 11 is 0. The smallest absolute Gasteiger partial charge is 0.410 e. The number of aryl methyl sites for hydroxylation is 1. The van der Waals surface area contributed by atoms with Crippen LogP contribution < -0.4 is 0 Å². The first-order valence-electron chi connectivity index (χ1n) is 7.85. The number of ketones is 1. The average molecular weight is 303 g/mol. The first-order valence-corrected chi connectivity index (χ1v) is 7.85. The highest BCUT2D eigenvalue weighted by Gasteiger charge is 2.31. The first kappa shape index (κ1) is 16.5. The van der Waals surface area contributed by atoms with Crippen molar-refractivity contribution in [2.24, 2.45) is 5.92 Å². The van der Waals surface area contributed by atoms with E-state index in [4.69, 9.17) is 4.74 Å². The van der Waals surface area contributed by atoms with Crippen molar-refractivity contribution < 1.29 is 14.3 Å². The van der Waals surface area contributed by atoms with Gasteiger partial charge in [-0.05, 0) is 40.5 Å². The van der Waals surface area contributed by atoms with E-state index in [2.05, 4.69) is 0 Å². The summed E-state index contributed by atoms with van der Waals surface area (Å²) in [5, 5.41) is 0. The summed E-state index contributed by atoms with van der Waals surface area (Å²) in [6.45, 7) is 8.66. The number of amides is 1. The molecular weight excluding hydrogens is 278 g/mol. The molecule has 1 aromatic rings. The lowest BCUT2D eigenvalue weighted by Gasteiger charge is -2.33. The molecule has 1 aromatic carbocycles. The molecule has 1 unspecified atom stereocenters. The van der Waals surface area contributed by atoms with Gasteiger partial charge in [0.15, 0.2) is 5.78 Å². The van der Waals surface area contributed by atoms with Gasteiger partial charge >= 0.3 is 6.09 Å². The summed E-state index contributed by atoms with van der Waals surface area (Å²) in [7, 11) is 0. The van der Waals surface area contributed by atoms with E-state index in [1.165, 1.54) is 0 Å². The minimum absolute atomic E-state index is 0.119. The number of benzene rings is 1. The van der Waals surface area contributed by atoms with Gasteiger partial charge < -0.3 is 9.64 Å². The molecule has 0 aliphatic carbocycles. The van der Waals surface area contributed by atoms with Crippen LogP contribution in [0.2, 0.25) is 0 Å². The number of carbonyl (C=O) groups excluding carboxylic acids is 2. The van der Waals surface area contributed by atoms with Gasteiger partial charge in [-0.15, -0.1) is 0 Å². The number of hydrogen-bond donors (Lipinski definition) is 0. The molecule has 22 heavy (non-hydrogen) atoms. The second-order valence-electron chi connectivity index (χ2n) is 7.00. The molecule has 0 radical (unpaired) electrons. The molecule has 1 heterocycles. The maximum atomic E-state index is 12.6. The first-order chi connectivity index (χ1) is 10.3. The molecule has 0 aromatic heterocycles. The summed E-state index contributed by atoms with van der Waals surface area (Å²) in [6, 6.07) is 7.62. The van der Waals surface area contributed by atoms with Gasteiger partial charge in [0, 0.05) is 24.6 Å². The van der Waals surface area contributed by atoms with Gasteiger partial charge in [-0.25, -0.2) is 4.79 Å². The fourth-order valence-corrected chi connectivity index (χ4v) is 2.64. The molecule has 1 aliphatic heterocycles. The second-order valence-corrected chi connectivity index (χ2v) is 7.00.